The summed E-state index contributed by atoms with van der Waals surface area (Å²) in [6.07, 6.45) is 5.31. The van der Waals surface area contributed by atoms with E-state index in [9.17, 15) is 43.2 Å². The molecule has 0 saturated heterocycles. The number of nitrogens with one attached hydrogen (secondary N) is 10. The molecular weight excluding hydrogens is 829 g/mol. The van der Waals surface area contributed by atoms with Crippen LogP contribution in [0.4, 0.5) is 0 Å². The molecule has 5 atom stereocenters. The minimum absolute atomic E-state index is 0.0653. The van der Waals surface area contributed by atoms with Crippen LogP contribution in [-0.2, 0) is 62.4 Å². The molecule has 342 valence electrons. The number of hydrogen-bond donors (Lipinski definition) is 11. The predicted molar refractivity (Wildman–Crippen MR) is 233 cm³/mol. The summed E-state index contributed by atoms with van der Waals surface area (Å²) in [6.45, 7) is 2.80. The number of imidazole rings is 1. The minimum Gasteiger partial charge on any atom is -0.368 e. The van der Waals surface area contributed by atoms with Crippen molar-refractivity contribution in [2.24, 2.45) is 5.73 Å². The van der Waals surface area contributed by atoms with E-state index >= 15 is 0 Å². The van der Waals surface area contributed by atoms with E-state index in [4.69, 9.17) is 5.73 Å². The van der Waals surface area contributed by atoms with Crippen molar-refractivity contribution in [2.75, 3.05) is 19.6 Å². The van der Waals surface area contributed by atoms with Gasteiger partial charge in [-0.05, 0) is 43.4 Å². The molecule has 2 heterocycles. The molecule has 0 saturated carbocycles. The van der Waals surface area contributed by atoms with Crippen molar-refractivity contribution >= 4 is 64.6 Å². The van der Waals surface area contributed by atoms with Crippen LogP contribution in [0.15, 0.2) is 73.3 Å². The lowest BCUT2D eigenvalue weighted by Gasteiger charge is -2.25. The fraction of sp³-hybridized carbons (Fsp3) is 0.395. The molecule has 4 aromatic rings. The number of H-pyrrole nitrogens is 2. The summed E-state index contributed by atoms with van der Waals surface area (Å²) in [5.74, 6) is -5.44. The predicted octanol–water partition coefficient (Wildman–Crippen LogP) is -1.59. The normalized spacial score (nSPS) is 13.2. The van der Waals surface area contributed by atoms with Gasteiger partial charge in [0.25, 0.3) is 0 Å². The van der Waals surface area contributed by atoms with E-state index in [0.29, 0.717) is 31.5 Å². The van der Waals surface area contributed by atoms with Crippen LogP contribution in [0.1, 0.15) is 56.4 Å². The van der Waals surface area contributed by atoms with Gasteiger partial charge in [0, 0.05) is 68.3 Å². The van der Waals surface area contributed by atoms with Crippen molar-refractivity contribution in [3.63, 3.8) is 0 Å². The van der Waals surface area contributed by atoms with Gasteiger partial charge in [-0.1, -0.05) is 48.5 Å². The molecule has 0 fully saturated rings. The maximum absolute atomic E-state index is 13.9. The molecule has 12 N–H and O–H groups in total. The number of likely N-dealkylation sites (N-methyl/N-ethyl adjacent to an activating group) is 1. The first-order chi connectivity index (χ1) is 30.8. The third kappa shape index (κ3) is 16.0. The number of fused-ring (bicyclic) bond motifs is 1. The first kappa shape index (κ1) is 49.1. The van der Waals surface area contributed by atoms with Gasteiger partial charge in [-0.3, -0.25) is 43.2 Å². The Labute approximate surface area is 369 Å². The van der Waals surface area contributed by atoms with E-state index in [2.05, 4.69) is 57.5 Å². The first-order valence-corrected chi connectivity index (χ1v) is 20.8. The number of para-hydroxylation sites is 1. The molecule has 0 bridgehead atoms. The molecule has 2 aromatic heterocycles. The van der Waals surface area contributed by atoms with E-state index in [1.54, 1.807) is 37.4 Å². The van der Waals surface area contributed by atoms with E-state index < -0.39 is 90.4 Å². The molecule has 0 aliphatic rings. The molecule has 21 nitrogen and oxygen atoms in total. The van der Waals surface area contributed by atoms with Crippen LogP contribution in [0, 0.1) is 0 Å². The Kier molecular flexibility index (Phi) is 19.5. The van der Waals surface area contributed by atoms with Crippen LogP contribution >= 0.6 is 0 Å². The van der Waals surface area contributed by atoms with E-state index in [0.717, 1.165) is 22.0 Å². The topological polar surface area (TPSA) is 320 Å². The summed E-state index contributed by atoms with van der Waals surface area (Å²) < 4.78 is 0. The van der Waals surface area contributed by atoms with Crippen LogP contribution in [0.3, 0.4) is 0 Å². The number of hydrogen-bond acceptors (Lipinski definition) is 10. The highest BCUT2D eigenvalue weighted by atomic mass is 16.2. The Bertz CT molecular complexity index is 2210. The first-order valence-electron chi connectivity index (χ1n) is 20.8. The highest BCUT2D eigenvalue weighted by Gasteiger charge is 2.32. The van der Waals surface area contributed by atoms with Gasteiger partial charge in [-0.2, -0.15) is 0 Å². The Balaban J connectivity index is 1.37. The zero-order valence-electron chi connectivity index (χ0n) is 35.7. The van der Waals surface area contributed by atoms with Crippen LogP contribution in [0.2, 0.25) is 0 Å². The molecule has 21 heteroatoms. The van der Waals surface area contributed by atoms with E-state index in [1.165, 1.54) is 19.4 Å². The lowest BCUT2D eigenvalue weighted by molar-refractivity contribution is -0.135. The third-order valence-corrected chi connectivity index (χ3v) is 10.0. The van der Waals surface area contributed by atoms with Crippen molar-refractivity contribution in [2.45, 2.75) is 89.0 Å². The van der Waals surface area contributed by atoms with Gasteiger partial charge in [0.2, 0.25) is 53.7 Å². The average Bonchev–Trinajstić information content (AvgIpc) is 3.94. The van der Waals surface area contributed by atoms with Crippen LogP contribution in [0.5, 0.6) is 0 Å². The summed E-state index contributed by atoms with van der Waals surface area (Å²) in [5.41, 5.74) is 8.47. The van der Waals surface area contributed by atoms with Crippen LogP contribution in [-0.4, -0.2) is 118 Å². The fourth-order valence-electron chi connectivity index (χ4n) is 6.73. The SMILES string of the molecule is CCNC(=O)C(Cc1ccccc1)NC(=O)[C@H](Cc1cnc[nH]1)NC(=O)C(CC(=O)NCCCCC(NC(=O)[C@H](Cc1c[nH]c2ccccc12)NC=O)C(N)=O)NC(=O)CNC(C)=O. The van der Waals surface area contributed by atoms with Crippen LogP contribution in [0.25, 0.3) is 10.9 Å². The van der Waals surface area contributed by atoms with Crippen molar-refractivity contribution < 1.29 is 43.2 Å². The molecule has 3 unspecified atom stereocenters. The van der Waals surface area contributed by atoms with Gasteiger partial charge in [0.15, 0.2) is 0 Å². The lowest BCUT2D eigenvalue weighted by Crippen LogP contribution is -2.58. The molecule has 2 aromatic carbocycles. The number of carbonyl (C=O) groups is 9. The highest BCUT2D eigenvalue weighted by molar-refractivity contribution is 5.97. The molecule has 0 aliphatic carbocycles. The largest absolute Gasteiger partial charge is 0.368 e. The highest BCUT2D eigenvalue weighted by Crippen LogP contribution is 2.19. The third-order valence-electron chi connectivity index (χ3n) is 10.0. The summed E-state index contributed by atoms with van der Waals surface area (Å²) in [5, 5.41) is 21.4. The molecule has 0 aliphatic heterocycles. The standard InChI is InChI=1S/C43H56N12O9/c1-3-46-40(61)34(17-27-11-5-4-6-12-27)54-42(63)35(19-29-22-45-24-50-29)55-43(64)36(52-38(59)23-48-26(2)57)20-37(58)47-16-10-9-15-32(39(44)60)53-41(62)33(51-25-56)18-28-21-49-31-14-8-7-13-30(28)31/h4-8,11-14,21-22,24-25,32-36,49H,3,9-10,15-20,23H2,1-2H3,(H2,44,60)(H,45,50)(H,46,61)(H,47,58)(H,48,57)(H,51,56)(H,52,59)(H,53,62)(H,54,63)(H,55,64)/t32?,33-,34?,35-,36?/m0/s1. The number of aromatic nitrogens is 3. The number of rotatable bonds is 27. The Morgan fingerprint density at radius 1 is 0.703 bits per heavy atom. The number of aromatic amines is 2. The van der Waals surface area contributed by atoms with Crippen molar-refractivity contribution in [1.82, 2.24) is 57.5 Å². The molecule has 9 amide bonds. The Hall–Kier alpha value is -7.58. The number of primary amides is 1. The monoisotopic (exact) mass is 884 g/mol. The summed E-state index contributed by atoms with van der Waals surface area (Å²) in [7, 11) is 0. The van der Waals surface area contributed by atoms with Crippen LogP contribution < -0.4 is 48.3 Å². The van der Waals surface area contributed by atoms with Gasteiger partial charge in [-0.15, -0.1) is 0 Å². The summed E-state index contributed by atoms with van der Waals surface area (Å²) in [6, 6.07) is 10.5. The smallest absolute Gasteiger partial charge is 0.243 e. The Morgan fingerprint density at radius 3 is 2.05 bits per heavy atom. The second-order valence-corrected chi connectivity index (χ2v) is 14.9. The second-order valence-electron chi connectivity index (χ2n) is 14.9. The second kappa shape index (κ2) is 25.4. The zero-order valence-corrected chi connectivity index (χ0v) is 35.7. The molecule has 0 spiro atoms. The quantitative estimate of drug-likeness (QED) is 0.0241. The molecule has 0 radical (unpaired) electrons. The summed E-state index contributed by atoms with van der Waals surface area (Å²) >= 11 is 0. The fourth-order valence-corrected chi connectivity index (χ4v) is 6.73. The number of amides is 9. The number of benzene rings is 2. The molecule has 64 heavy (non-hydrogen) atoms. The lowest BCUT2D eigenvalue weighted by atomic mass is 10.0. The number of carbonyl (C=O) groups excluding carboxylic acids is 9. The van der Waals surface area contributed by atoms with Gasteiger partial charge < -0.3 is 58.2 Å². The van der Waals surface area contributed by atoms with Gasteiger partial charge in [0.05, 0.1) is 19.3 Å². The Morgan fingerprint density at radius 2 is 1.38 bits per heavy atom. The van der Waals surface area contributed by atoms with Crippen molar-refractivity contribution in [3.05, 3.63) is 90.1 Å². The zero-order chi connectivity index (χ0) is 46.4. The number of nitrogens with two attached hydrogens (primary N) is 1. The van der Waals surface area contributed by atoms with E-state index in [-0.39, 0.29) is 32.2 Å². The molecular formula is C43H56N12O9. The van der Waals surface area contributed by atoms with Gasteiger partial charge in [-0.25, -0.2) is 4.98 Å². The summed E-state index contributed by atoms with van der Waals surface area (Å²) in [4.78, 5) is 125. The molecule has 4 rings (SSSR count). The van der Waals surface area contributed by atoms with Crippen molar-refractivity contribution in [1.29, 1.82) is 0 Å². The number of unbranched alkanes of at least 4 members (excludes halogenated alkanes) is 1. The maximum Gasteiger partial charge on any atom is 0.243 e. The van der Waals surface area contributed by atoms with Gasteiger partial charge in [0.1, 0.15) is 30.2 Å². The maximum atomic E-state index is 13.9. The number of nitrogens with zero attached hydrogens (tertiary/aromatic N) is 1. The van der Waals surface area contributed by atoms with Crippen molar-refractivity contribution in [3.8, 4) is 0 Å². The average molecular weight is 885 g/mol. The van der Waals surface area contributed by atoms with Gasteiger partial charge >= 0.3 is 0 Å². The minimum atomic E-state index is -1.52. The van der Waals surface area contributed by atoms with E-state index in [1.807, 2.05) is 30.3 Å².